The first kappa shape index (κ1) is 20.6. The second kappa shape index (κ2) is 8.58. The molecule has 0 saturated carbocycles. The number of nitrogens with zero attached hydrogens (tertiary/aromatic N) is 5. The molecule has 8 nitrogen and oxygen atoms in total. The zero-order valence-corrected chi connectivity index (χ0v) is 17.6. The normalized spacial score (nSPS) is 14.8. The number of H-pyrrole nitrogens is 1. The Morgan fingerprint density at radius 3 is 2.68 bits per heavy atom. The number of hydrogen-bond donors (Lipinski definition) is 1. The number of aromatic nitrogens is 3. The number of rotatable bonds is 3. The third kappa shape index (κ3) is 4.13. The van der Waals surface area contributed by atoms with Crippen molar-refractivity contribution >= 4 is 5.91 Å². The molecule has 2 aromatic heterocycles. The number of carbonyl (C=O) groups is 1. The van der Waals surface area contributed by atoms with Crippen LogP contribution in [0.2, 0.25) is 0 Å². The van der Waals surface area contributed by atoms with E-state index in [1.807, 2.05) is 11.8 Å². The van der Waals surface area contributed by atoms with Crippen LogP contribution in [0, 0.1) is 18.3 Å². The van der Waals surface area contributed by atoms with E-state index in [0.29, 0.717) is 29.1 Å². The quantitative estimate of drug-likeness (QED) is 0.706. The summed E-state index contributed by atoms with van der Waals surface area (Å²) in [5, 5.41) is 12.0. The number of benzene rings is 1. The lowest BCUT2D eigenvalue weighted by Crippen LogP contribution is -2.34. The number of aromatic amines is 1. The number of likely N-dealkylation sites (N-methyl/N-ethyl adjacent to an activating group) is 1. The van der Waals surface area contributed by atoms with Gasteiger partial charge >= 0.3 is 0 Å². The summed E-state index contributed by atoms with van der Waals surface area (Å²) in [5.74, 6) is 0.372. The summed E-state index contributed by atoms with van der Waals surface area (Å²) in [7, 11) is 2.06. The van der Waals surface area contributed by atoms with E-state index >= 15 is 0 Å². The Hall–Kier alpha value is -3.70. The Morgan fingerprint density at radius 1 is 1.13 bits per heavy atom. The zero-order chi connectivity index (χ0) is 22.0. The third-order valence-corrected chi connectivity index (χ3v) is 5.65. The van der Waals surface area contributed by atoms with Crippen LogP contribution in [-0.2, 0) is 0 Å². The molecule has 1 aliphatic rings. The number of carbonyl (C=O) groups excluding carboxylic acids is 1. The van der Waals surface area contributed by atoms with Crippen LogP contribution in [0.25, 0.3) is 16.9 Å². The van der Waals surface area contributed by atoms with Crippen molar-refractivity contribution in [3.63, 3.8) is 0 Å². The van der Waals surface area contributed by atoms with Crippen molar-refractivity contribution in [2.75, 3.05) is 33.2 Å². The number of aryl methyl sites for hydroxylation is 1. The number of nitrogens with one attached hydrogen (secondary N) is 1. The van der Waals surface area contributed by atoms with E-state index in [1.54, 1.807) is 36.5 Å². The molecule has 0 spiro atoms. The smallest absolute Gasteiger partial charge is 0.280 e. The maximum absolute atomic E-state index is 13.0. The van der Waals surface area contributed by atoms with E-state index in [0.717, 1.165) is 37.2 Å². The van der Waals surface area contributed by atoms with Gasteiger partial charge in [0.05, 0.1) is 22.8 Å². The molecule has 4 rings (SSSR count). The Kier molecular flexibility index (Phi) is 5.69. The van der Waals surface area contributed by atoms with Gasteiger partial charge in [-0.05, 0) is 62.3 Å². The third-order valence-electron chi connectivity index (χ3n) is 5.65. The molecule has 1 saturated heterocycles. The van der Waals surface area contributed by atoms with E-state index < -0.39 is 0 Å². The van der Waals surface area contributed by atoms with Crippen molar-refractivity contribution in [2.45, 2.75) is 13.3 Å². The monoisotopic (exact) mass is 416 g/mol. The van der Waals surface area contributed by atoms with Crippen LogP contribution in [0.5, 0.6) is 0 Å². The van der Waals surface area contributed by atoms with Gasteiger partial charge < -0.3 is 9.80 Å². The highest BCUT2D eigenvalue weighted by atomic mass is 16.2. The minimum Gasteiger partial charge on any atom is -0.337 e. The highest BCUT2D eigenvalue weighted by Gasteiger charge is 2.20. The molecule has 0 unspecified atom stereocenters. The van der Waals surface area contributed by atoms with Gasteiger partial charge in [-0.3, -0.25) is 14.7 Å². The first-order chi connectivity index (χ1) is 15.0. The molecule has 1 amide bonds. The molecular formula is C23H24N6O2. The molecule has 0 aliphatic carbocycles. The minimum atomic E-state index is -0.241. The van der Waals surface area contributed by atoms with Gasteiger partial charge in [0.2, 0.25) is 0 Å². The molecule has 31 heavy (non-hydrogen) atoms. The van der Waals surface area contributed by atoms with Crippen LogP contribution in [0.15, 0.2) is 47.5 Å². The van der Waals surface area contributed by atoms with E-state index in [9.17, 15) is 9.59 Å². The molecule has 3 aromatic rings. The van der Waals surface area contributed by atoms with Gasteiger partial charge in [0.1, 0.15) is 0 Å². The van der Waals surface area contributed by atoms with Crippen LogP contribution in [-0.4, -0.2) is 63.7 Å². The summed E-state index contributed by atoms with van der Waals surface area (Å²) in [6.07, 6.45) is 4.10. The Balaban J connectivity index is 1.57. The second-order valence-electron chi connectivity index (χ2n) is 7.82. The standard InChI is InChI=1S/C23H24N6O2/c1-16-12-17(13-24)4-6-19(16)20-15-26-29(23(20)31)21-7-5-18(14-25-21)22(30)28-9-3-8-27(2)10-11-28/h4-7,12,14-15,26H,3,8-11H2,1-2H3. The predicted molar refractivity (Wildman–Crippen MR) is 117 cm³/mol. The van der Waals surface area contributed by atoms with Crippen molar-refractivity contribution in [3.8, 4) is 23.0 Å². The lowest BCUT2D eigenvalue weighted by molar-refractivity contribution is 0.0762. The van der Waals surface area contributed by atoms with Crippen molar-refractivity contribution in [3.05, 3.63) is 69.8 Å². The molecule has 1 fully saturated rings. The number of amides is 1. The summed E-state index contributed by atoms with van der Waals surface area (Å²) in [6, 6.07) is 10.7. The number of pyridine rings is 1. The van der Waals surface area contributed by atoms with Gasteiger partial charge in [-0.25, -0.2) is 9.67 Å². The van der Waals surface area contributed by atoms with Crippen LogP contribution in [0.4, 0.5) is 0 Å². The van der Waals surface area contributed by atoms with Gasteiger partial charge in [-0.2, -0.15) is 5.26 Å². The fourth-order valence-electron chi connectivity index (χ4n) is 3.85. The largest absolute Gasteiger partial charge is 0.337 e. The average molecular weight is 416 g/mol. The highest BCUT2D eigenvalue weighted by Crippen LogP contribution is 2.21. The molecule has 158 valence electrons. The van der Waals surface area contributed by atoms with Crippen molar-refractivity contribution in [2.24, 2.45) is 0 Å². The first-order valence-corrected chi connectivity index (χ1v) is 10.2. The SMILES string of the molecule is Cc1cc(C#N)ccc1-c1c[nH]n(-c2ccc(C(=O)N3CCCN(C)CC3)cn2)c1=O. The van der Waals surface area contributed by atoms with Gasteiger partial charge in [0.25, 0.3) is 11.5 Å². The molecule has 3 heterocycles. The molecule has 0 radical (unpaired) electrons. The highest BCUT2D eigenvalue weighted by molar-refractivity contribution is 5.94. The molecule has 1 N–H and O–H groups in total. The fourth-order valence-corrected chi connectivity index (χ4v) is 3.85. The zero-order valence-electron chi connectivity index (χ0n) is 17.6. The average Bonchev–Trinajstić information content (AvgIpc) is 3.02. The molecule has 1 aliphatic heterocycles. The maximum atomic E-state index is 13.0. The van der Waals surface area contributed by atoms with E-state index in [-0.39, 0.29) is 11.5 Å². The lowest BCUT2D eigenvalue weighted by Gasteiger charge is -2.20. The molecule has 0 atom stereocenters. The van der Waals surface area contributed by atoms with Crippen molar-refractivity contribution in [1.82, 2.24) is 24.6 Å². The minimum absolute atomic E-state index is 0.0397. The van der Waals surface area contributed by atoms with Crippen LogP contribution < -0.4 is 5.56 Å². The van der Waals surface area contributed by atoms with Gasteiger partial charge in [-0.1, -0.05) is 6.07 Å². The van der Waals surface area contributed by atoms with Gasteiger partial charge in [-0.15, -0.1) is 0 Å². The predicted octanol–water partition coefficient (Wildman–Crippen LogP) is 2.19. The summed E-state index contributed by atoms with van der Waals surface area (Å²) in [4.78, 5) is 34.2. The summed E-state index contributed by atoms with van der Waals surface area (Å²) in [6.45, 7) is 5.13. The Bertz CT molecular complexity index is 1200. The van der Waals surface area contributed by atoms with Crippen LogP contribution >= 0.6 is 0 Å². The van der Waals surface area contributed by atoms with E-state index in [1.165, 1.54) is 10.9 Å². The Morgan fingerprint density at radius 2 is 1.97 bits per heavy atom. The van der Waals surface area contributed by atoms with Crippen LogP contribution in [0.1, 0.15) is 27.9 Å². The van der Waals surface area contributed by atoms with Crippen molar-refractivity contribution in [1.29, 1.82) is 5.26 Å². The van der Waals surface area contributed by atoms with Gasteiger partial charge in [0.15, 0.2) is 5.82 Å². The Labute approximate surface area is 180 Å². The van der Waals surface area contributed by atoms with Crippen LogP contribution in [0.3, 0.4) is 0 Å². The fraction of sp³-hybridized carbons (Fsp3) is 0.304. The van der Waals surface area contributed by atoms with Gasteiger partial charge in [0, 0.05) is 32.0 Å². The summed E-state index contributed by atoms with van der Waals surface area (Å²) in [5.41, 5.74) is 2.93. The number of hydrogen-bond acceptors (Lipinski definition) is 5. The van der Waals surface area contributed by atoms with E-state index in [4.69, 9.17) is 5.26 Å². The van der Waals surface area contributed by atoms with Crippen molar-refractivity contribution < 1.29 is 4.79 Å². The first-order valence-electron chi connectivity index (χ1n) is 10.2. The topological polar surface area (TPSA) is 98.0 Å². The lowest BCUT2D eigenvalue weighted by atomic mass is 10.0. The molecule has 0 bridgehead atoms. The summed E-state index contributed by atoms with van der Waals surface area (Å²) >= 11 is 0. The molecule has 1 aromatic carbocycles. The molecule has 8 heteroatoms. The maximum Gasteiger partial charge on any atom is 0.280 e. The number of nitriles is 1. The summed E-state index contributed by atoms with van der Waals surface area (Å²) < 4.78 is 1.35. The second-order valence-corrected chi connectivity index (χ2v) is 7.82. The molecular weight excluding hydrogens is 392 g/mol. The van der Waals surface area contributed by atoms with E-state index in [2.05, 4.69) is 28.1 Å².